The molecule has 0 aliphatic heterocycles. The Kier molecular flexibility index (Phi) is 2.93. The van der Waals surface area contributed by atoms with E-state index in [-0.39, 0.29) is 5.04 Å². The van der Waals surface area contributed by atoms with Crippen molar-refractivity contribution in [3.8, 4) is 6.07 Å². The molecule has 0 radical (unpaired) electrons. The Bertz CT molecular complexity index is 391. The average molecular weight is 266 g/mol. The molecular formula is C13H23NOSi2. The topological polar surface area (TPSA) is 33.0 Å². The molecule has 4 heteroatoms. The molecule has 94 valence electrons. The fourth-order valence-corrected chi connectivity index (χ4v) is 12.7. The smallest absolute Gasteiger partial charge is 0.194 e. The van der Waals surface area contributed by atoms with Gasteiger partial charge in [0.25, 0.3) is 0 Å². The molecule has 2 nitrogen and oxygen atoms in total. The Hall–Kier alpha value is -0.376. The lowest BCUT2D eigenvalue weighted by atomic mass is 9.94. The van der Waals surface area contributed by atoms with E-state index in [1.165, 1.54) is 6.42 Å². The summed E-state index contributed by atoms with van der Waals surface area (Å²) in [5, 5.41) is 9.58. The number of hydrogen-bond acceptors (Lipinski definition) is 2. The standard InChI is InChI=1S/C13H23NOSi2/c1-16(2,3)15-17(4,5)13(10-14)9-11-6-7-12(13)8-11/h6-7,11-12H,8-9H2,1-5H3. The van der Waals surface area contributed by atoms with Crippen LogP contribution in [0.2, 0.25) is 37.8 Å². The van der Waals surface area contributed by atoms with Crippen LogP contribution in [0.5, 0.6) is 0 Å². The molecule has 0 heterocycles. The van der Waals surface area contributed by atoms with Crippen LogP contribution < -0.4 is 0 Å². The van der Waals surface area contributed by atoms with Crippen LogP contribution in [0.15, 0.2) is 12.2 Å². The van der Waals surface area contributed by atoms with Gasteiger partial charge in [-0.1, -0.05) is 12.2 Å². The summed E-state index contributed by atoms with van der Waals surface area (Å²) in [4.78, 5) is 0. The van der Waals surface area contributed by atoms with Crippen LogP contribution >= 0.6 is 0 Å². The fraction of sp³-hybridized carbons (Fsp3) is 0.769. The molecule has 0 amide bonds. The van der Waals surface area contributed by atoms with Crippen LogP contribution in [0.25, 0.3) is 0 Å². The van der Waals surface area contributed by atoms with Gasteiger partial charge >= 0.3 is 0 Å². The molecule has 0 spiro atoms. The van der Waals surface area contributed by atoms with Crippen molar-refractivity contribution in [2.75, 3.05) is 0 Å². The first-order valence-corrected chi connectivity index (χ1v) is 12.8. The summed E-state index contributed by atoms with van der Waals surface area (Å²) < 4.78 is 6.48. The highest BCUT2D eigenvalue weighted by molar-refractivity contribution is 6.86. The predicted octanol–water partition coefficient (Wildman–Crippen LogP) is 3.90. The number of fused-ring (bicyclic) bond motifs is 2. The van der Waals surface area contributed by atoms with Crippen LogP contribution in [0.4, 0.5) is 0 Å². The molecule has 0 aromatic heterocycles. The quantitative estimate of drug-likeness (QED) is 0.572. The molecular weight excluding hydrogens is 242 g/mol. The van der Waals surface area contributed by atoms with Crippen molar-refractivity contribution in [3.05, 3.63) is 12.2 Å². The molecule has 2 aliphatic carbocycles. The minimum Gasteiger partial charge on any atom is -0.455 e. The maximum absolute atomic E-state index is 9.76. The molecule has 3 unspecified atom stereocenters. The van der Waals surface area contributed by atoms with Gasteiger partial charge in [0.15, 0.2) is 16.6 Å². The van der Waals surface area contributed by atoms with Crippen molar-refractivity contribution < 1.29 is 4.12 Å². The highest BCUT2D eigenvalue weighted by Gasteiger charge is 2.60. The van der Waals surface area contributed by atoms with E-state index >= 15 is 0 Å². The molecule has 0 saturated heterocycles. The summed E-state index contributed by atoms with van der Waals surface area (Å²) >= 11 is 0. The van der Waals surface area contributed by atoms with Crippen molar-refractivity contribution in [2.24, 2.45) is 11.8 Å². The zero-order chi connectivity index (χ0) is 12.9. The zero-order valence-electron chi connectivity index (χ0n) is 11.6. The van der Waals surface area contributed by atoms with Crippen LogP contribution in [0.3, 0.4) is 0 Å². The molecule has 2 rings (SSSR count). The summed E-state index contributed by atoms with van der Waals surface area (Å²) in [5.74, 6) is 1.09. The van der Waals surface area contributed by atoms with Crippen LogP contribution in [-0.4, -0.2) is 16.6 Å². The highest BCUT2D eigenvalue weighted by Crippen LogP contribution is 2.62. The number of allylic oxidation sites excluding steroid dienone is 2. The van der Waals surface area contributed by atoms with Gasteiger partial charge in [0.1, 0.15) is 0 Å². The van der Waals surface area contributed by atoms with Gasteiger partial charge in [-0.15, -0.1) is 0 Å². The highest BCUT2D eigenvalue weighted by atomic mass is 28.4. The normalized spacial score (nSPS) is 36.2. The van der Waals surface area contributed by atoms with Crippen molar-refractivity contribution in [2.45, 2.75) is 50.6 Å². The summed E-state index contributed by atoms with van der Waals surface area (Å²) in [6, 6.07) is 2.68. The summed E-state index contributed by atoms with van der Waals surface area (Å²) in [7, 11) is -3.52. The van der Waals surface area contributed by atoms with Gasteiger partial charge in [0.2, 0.25) is 0 Å². The first-order valence-electron chi connectivity index (χ1n) is 6.50. The molecule has 0 aromatic rings. The van der Waals surface area contributed by atoms with Gasteiger partial charge in [-0.3, -0.25) is 0 Å². The van der Waals surface area contributed by atoms with Gasteiger partial charge in [-0.25, -0.2) is 0 Å². The van der Waals surface area contributed by atoms with E-state index in [2.05, 4.69) is 51.0 Å². The summed E-state index contributed by atoms with van der Waals surface area (Å²) in [6.45, 7) is 11.2. The van der Waals surface area contributed by atoms with E-state index in [1.807, 2.05) is 0 Å². The molecule has 0 N–H and O–H groups in total. The second-order valence-electron chi connectivity index (χ2n) is 7.00. The van der Waals surface area contributed by atoms with Gasteiger partial charge in [-0.2, -0.15) is 5.26 Å². The SMILES string of the molecule is C[Si](C)(C)O[Si](C)(C)C1(C#N)CC2C=CC1C2. The second kappa shape index (κ2) is 3.81. The molecule has 2 aliphatic rings. The Morgan fingerprint density at radius 2 is 1.88 bits per heavy atom. The minimum atomic E-state index is -1.96. The Morgan fingerprint density at radius 3 is 2.24 bits per heavy atom. The van der Waals surface area contributed by atoms with Crippen molar-refractivity contribution >= 4 is 16.6 Å². The van der Waals surface area contributed by atoms with Crippen LogP contribution in [-0.2, 0) is 4.12 Å². The third kappa shape index (κ3) is 2.05. The zero-order valence-corrected chi connectivity index (χ0v) is 13.6. The second-order valence-corrected chi connectivity index (χ2v) is 16.0. The van der Waals surface area contributed by atoms with E-state index in [1.54, 1.807) is 0 Å². The van der Waals surface area contributed by atoms with Crippen molar-refractivity contribution in [3.63, 3.8) is 0 Å². The molecule has 1 saturated carbocycles. The number of nitriles is 1. The maximum atomic E-state index is 9.76. The first-order chi connectivity index (χ1) is 7.70. The van der Waals surface area contributed by atoms with E-state index in [0.717, 1.165) is 6.42 Å². The lowest BCUT2D eigenvalue weighted by molar-refractivity contribution is 0.448. The van der Waals surface area contributed by atoms with E-state index in [9.17, 15) is 5.26 Å². The van der Waals surface area contributed by atoms with E-state index in [0.29, 0.717) is 11.8 Å². The third-order valence-electron chi connectivity index (χ3n) is 4.22. The van der Waals surface area contributed by atoms with E-state index in [4.69, 9.17) is 4.12 Å². The maximum Gasteiger partial charge on any atom is 0.194 e. The lowest BCUT2D eigenvalue weighted by Gasteiger charge is -2.44. The van der Waals surface area contributed by atoms with E-state index < -0.39 is 16.6 Å². The van der Waals surface area contributed by atoms with Gasteiger partial charge in [0, 0.05) is 0 Å². The number of nitrogens with zero attached hydrogens (tertiary/aromatic N) is 1. The molecule has 17 heavy (non-hydrogen) atoms. The molecule has 0 aromatic carbocycles. The number of rotatable bonds is 3. The average Bonchev–Trinajstić information content (AvgIpc) is 2.72. The van der Waals surface area contributed by atoms with Gasteiger partial charge in [0.05, 0.1) is 11.1 Å². The number of hydrogen-bond donors (Lipinski definition) is 0. The monoisotopic (exact) mass is 265 g/mol. The summed E-state index contributed by atoms with van der Waals surface area (Å²) in [6.07, 6.45) is 6.80. The van der Waals surface area contributed by atoms with Crippen LogP contribution in [0, 0.1) is 23.2 Å². The fourth-order valence-electron chi connectivity index (χ4n) is 3.67. The van der Waals surface area contributed by atoms with Crippen molar-refractivity contribution in [1.29, 1.82) is 5.26 Å². The van der Waals surface area contributed by atoms with Crippen LogP contribution in [0.1, 0.15) is 12.8 Å². The molecule has 3 atom stereocenters. The predicted molar refractivity (Wildman–Crippen MR) is 75.6 cm³/mol. The lowest BCUT2D eigenvalue weighted by Crippen LogP contribution is -2.52. The van der Waals surface area contributed by atoms with Crippen molar-refractivity contribution in [1.82, 2.24) is 0 Å². The molecule has 2 bridgehead atoms. The van der Waals surface area contributed by atoms with Gasteiger partial charge < -0.3 is 4.12 Å². The summed E-state index contributed by atoms with van der Waals surface area (Å²) in [5.41, 5.74) is 0. The largest absolute Gasteiger partial charge is 0.455 e. The first kappa shape index (κ1) is 13.1. The minimum absolute atomic E-state index is 0.174. The Morgan fingerprint density at radius 1 is 1.24 bits per heavy atom. The Labute approximate surface area is 107 Å². The Balaban J connectivity index is 2.31. The third-order valence-corrected chi connectivity index (χ3v) is 11.6. The van der Waals surface area contributed by atoms with Gasteiger partial charge in [-0.05, 0) is 57.4 Å². The molecule has 1 fully saturated rings.